The molecular formula is C15H24N4O3. The van der Waals surface area contributed by atoms with Gasteiger partial charge in [-0.15, -0.1) is 0 Å². The van der Waals surface area contributed by atoms with E-state index < -0.39 is 0 Å². The van der Waals surface area contributed by atoms with Crippen LogP contribution in [0.2, 0.25) is 0 Å². The monoisotopic (exact) mass is 308 g/mol. The van der Waals surface area contributed by atoms with Gasteiger partial charge in [-0.1, -0.05) is 6.07 Å². The van der Waals surface area contributed by atoms with E-state index in [0.717, 1.165) is 12.0 Å². The van der Waals surface area contributed by atoms with Crippen molar-refractivity contribution in [1.82, 2.24) is 10.6 Å². The van der Waals surface area contributed by atoms with Gasteiger partial charge in [0.2, 0.25) is 5.91 Å². The van der Waals surface area contributed by atoms with E-state index >= 15 is 0 Å². The summed E-state index contributed by atoms with van der Waals surface area (Å²) in [5, 5.41) is 5.62. The summed E-state index contributed by atoms with van der Waals surface area (Å²) in [6, 6.07) is 5.74. The van der Waals surface area contributed by atoms with Crippen molar-refractivity contribution in [3.63, 3.8) is 0 Å². The van der Waals surface area contributed by atoms with Crippen molar-refractivity contribution in [2.24, 2.45) is 10.7 Å². The summed E-state index contributed by atoms with van der Waals surface area (Å²) in [6.45, 7) is 3.08. The Morgan fingerprint density at radius 3 is 2.59 bits per heavy atom. The zero-order valence-electron chi connectivity index (χ0n) is 13.3. The van der Waals surface area contributed by atoms with E-state index in [0.29, 0.717) is 24.6 Å². The van der Waals surface area contributed by atoms with Gasteiger partial charge in [-0.3, -0.25) is 4.79 Å². The van der Waals surface area contributed by atoms with Gasteiger partial charge in [0, 0.05) is 13.1 Å². The van der Waals surface area contributed by atoms with Gasteiger partial charge in [0.15, 0.2) is 17.5 Å². The fourth-order valence-electron chi connectivity index (χ4n) is 1.84. The molecule has 7 nitrogen and oxygen atoms in total. The molecule has 0 aliphatic carbocycles. The molecule has 7 heteroatoms. The minimum Gasteiger partial charge on any atom is -0.493 e. The molecule has 1 amide bonds. The molecule has 0 unspecified atom stereocenters. The Hall–Kier alpha value is -2.44. The molecule has 0 aliphatic heterocycles. The van der Waals surface area contributed by atoms with Crippen LogP contribution in [0, 0.1) is 0 Å². The van der Waals surface area contributed by atoms with Crippen LogP contribution in [0.5, 0.6) is 11.5 Å². The van der Waals surface area contributed by atoms with Crippen LogP contribution >= 0.6 is 0 Å². The smallest absolute Gasteiger partial charge is 0.241 e. The molecule has 4 N–H and O–H groups in total. The summed E-state index contributed by atoms with van der Waals surface area (Å²) in [7, 11) is 3.21. The van der Waals surface area contributed by atoms with Crippen molar-refractivity contribution in [3.05, 3.63) is 23.8 Å². The van der Waals surface area contributed by atoms with E-state index in [1.54, 1.807) is 14.2 Å². The van der Waals surface area contributed by atoms with Crippen molar-refractivity contribution in [2.75, 3.05) is 33.9 Å². The van der Waals surface area contributed by atoms with Gasteiger partial charge in [0.1, 0.15) is 6.54 Å². The normalized spacial score (nSPS) is 11.0. The number of amides is 1. The average Bonchev–Trinajstić information content (AvgIpc) is 2.53. The third-order valence-corrected chi connectivity index (χ3v) is 2.93. The predicted molar refractivity (Wildman–Crippen MR) is 86.4 cm³/mol. The van der Waals surface area contributed by atoms with Gasteiger partial charge in [-0.25, -0.2) is 4.99 Å². The van der Waals surface area contributed by atoms with Crippen LogP contribution in [0.25, 0.3) is 0 Å². The maximum atomic E-state index is 11.2. The van der Waals surface area contributed by atoms with Crippen LogP contribution in [-0.4, -0.2) is 45.7 Å². The lowest BCUT2D eigenvalue weighted by molar-refractivity contribution is -0.119. The van der Waals surface area contributed by atoms with Crippen molar-refractivity contribution < 1.29 is 14.3 Å². The van der Waals surface area contributed by atoms with Crippen molar-refractivity contribution >= 4 is 11.9 Å². The van der Waals surface area contributed by atoms with Crippen LogP contribution in [0.1, 0.15) is 12.5 Å². The highest BCUT2D eigenvalue weighted by Gasteiger charge is 2.04. The Morgan fingerprint density at radius 1 is 1.23 bits per heavy atom. The third kappa shape index (κ3) is 5.90. The fraction of sp³-hybridized carbons (Fsp3) is 0.467. The zero-order valence-corrected chi connectivity index (χ0v) is 13.3. The fourth-order valence-corrected chi connectivity index (χ4v) is 1.84. The summed E-state index contributed by atoms with van der Waals surface area (Å²) in [4.78, 5) is 15.2. The molecule has 0 aromatic heterocycles. The molecule has 1 aromatic carbocycles. The number of guanidine groups is 1. The molecule has 0 spiro atoms. The molecule has 0 saturated carbocycles. The first-order valence-corrected chi connectivity index (χ1v) is 7.12. The Kier molecular flexibility index (Phi) is 7.60. The molecule has 0 fully saturated rings. The highest BCUT2D eigenvalue weighted by molar-refractivity contribution is 5.83. The van der Waals surface area contributed by atoms with E-state index in [9.17, 15) is 4.79 Å². The summed E-state index contributed by atoms with van der Waals surface area (Å²) in [5.74, 6) is 1.50. The average molecular weight is 308 g/mol. The van der Waals surface area contributed by atoms with Crippen molar-refractivity contribution in [1.29, 1.82) is 0 Å². The molecule has 0 radical (unpaired) electrons. The molecular weight excluding hydrogens is 284 g/mol. The second-order valence-corrected chi connectivity index (χ2v) is 4.52. The Morgan fingerprint density at radius 2 is 1.95 bits per heavy atom. The maximum Gasteiger partial charge on any atom is 0.241 e. The van der Waals surface area contributed by atoms with Crippen molar-refractivity contribution in [2.45, 2.75) is 13.3 Å². The summed E-state index contributed by atoms with van der Waals surface area (Å²) in [5.41, 5.74) is 6.78. The number of ether oxygens (including phenoxy) is 2. The summed E-state index contributed by atoms with van der Waals surface area (Å²) in [6.07, 6.45) is 0.748. The van der Waals surface area contributed by atoms with Crippen LogP contribution in [0.3, 0.4) is 0 Å². The first-order chi connectivity index (χ1) is 10.6. The van der Waals surface area contributed by atoms with Crippen molar-refractivity contribution in [3.8, 4) is 11.5 Å². The number of nitrogens with one attached hydrogen (secondary N) is 2. The predicted octanol–water partition coefficient (Wildman–Crippen LogP) is 0.287. The van der Waals surface area contributed by atoms with Crippen LogP contribution < -0.4 is 25.8 Å². The minimum absolute atomic E-state index is 0.0308. The highest BCUT2D eigenvalue weighted by Crippen LogP contribution is 2.27. The van der Waals surface area contributed by atoms with Crippen LogP contribution in [-0.2, 0) is 11.2 Å². The van der Waals surface area contributed by atoms with Gasteiger partial charge in [-0.05, 0) is 31.0 Å². The van der Waals surface area contributed by atoms with E-state index in [4.69, 9.17) is 15.2 Å². The number of carbonyl (C=O) groups is 1. The quantitative estimate of drug-likeness (QED) is 0.473. The van der Waals surface area contributed by atoms with Gasteiger partial charge in [-0.2, -0.15) is 0 Å². The number of nitrogens with zero attached hydrogens (tertiary/aromatic N) is 1. The zero-order chi connectivity index (χ0) is 16.4. The Bertz CT molecular complexity index is 518. The first kappa shape index (κ1) is 17.6. The second kappa shape index (κ2) is 9.49. The number of nitrogens with two attached hydrogens (primary N) is 1. The topological polar surface area (TPSA) is 98.0 Å². The van der Waals surface area contributed by atoms with E-state index in [1.165, 1.54) is 0 Å². The summed E-state index contributed by atoms with van der Waals surface area (Å²) < 4.78 is 10.4. The molecule has 0 atom stereocenters. The number of rotatable bonds is 8. The molecule has 1 rings (SSSR count). The van der Waals surface area contributed by atoms with Crippen LogP contribution in [0.4, 0.5) is 0 Å². The Labute approximate surface area is 130 Å². The number of benzene rings is 1. The third-order valence-electron chi connectivity index (χ3n) is 2.93. The molecule has 122 valence electrons. The number of hydrogen-bond acceptors (Lipinski definition) is 4. The first-order valence-electron chi connectivity index (χ1n) is 7.12. The van der Waals surface area contributed by atoms with Gasteiger partial charge < -0.3 is 25.8 Å². The number of carbonyl (C=O) groups excluding carboxylic acids is 1. The summed E-state index contributed by atoms with van der Waals surface area (Å²) >= 11 is 0. The lowest BCUT2D eigenvalue weighted by Gasteiger charge is -2.10. The van der Waals surface area contributed by atoms with Gasteiger partial charge in [0.25, 0.3) is 0 Å². The van der Waals surface area contributed by atoms with Gasteiger partial charge in [0.05, 0.1) is 14.2 Å². The lowest BCUT2D eigenvalue weighted by Crippen LogP contribution is -2.35. The largest absolute Gasteiger partial charge is 0.493 e. The standard InChI is InChI=1S/C15H24N4O3/c1-4-17-14(20)10-19-15(16)18-8-7-11-5-6-12(21-2)13(9-11)22-3/h5-6,9H,4,7-8,10H2,1-3H3,(H,17,20)(H3,16,18,19). The molecule has 22 heavy (non-hydrogen) atoms. The lowest BCUT2D eigenvalue weighted by atomic mass is 10.1. The number of aliphatic imine (C=N–C) groups is 1. The molecule has 0 saturated heterocycles. The van der Waals surface area contributed by atoms with Gasteiger partial charge >= 0.3 is 0 Å². The molecule has 1 aromatic rings. The number of methoxy groups -OCH3 is 2. The molecule has 0 bridgehead atoms. The van der Waals surface area contributed by atoms with Crippen LogP contribution in [0.15, 0.2) is 23.2 Å². The minimum atomic E-state index is -0.146. The molecule has 0 aliphatic rings. The number of likely N-dealkylation sites (N-methyl/N-ethyl adjacent to an activating group) is 1. The number of hydrogen-bond donors (Lipinski definition) is 3. The maximum absolute atomic E-state index is 11.2. The van der Waals surface area contributed by atoms with E-state index in [-0.39, 0.29) is 18.4 Å². The van der Waals surface area contributed by atoms with E-state index in [2.05, 4.69) is 15.6 Å². The SMILES string of the molecule is CCNC(=O)CN=C(N)NCCc1ccc(OC)c(OC)c1. The highest BCUT2D eigenvalue weighted by atomic mass is 16.5. The Balaban J connectivity index is 2.43. The van der Waals surface area contributed by atoms with E-state index in [1.807, 2.05) is 25.1 Å². The molecule has 0 heterocycles. The second-order valence-electron chi connectivity index (χ2n) is 4.52.